The van der Waals surface area contributed by atoms with Crippen LogP contribution in [0.25, 0.3) is 0 Å². The van der Waals surface area contributed by atoms with E-state index < -0.39 is 0 Å². The zero-order valence-electron chi connectivity index (χ0n) is 6.81. The summed E-state index contributed by atoms with van der Waals surface area (Å²) < 4.78 is 5.49. The van der Waals surface area contributed by atoms with Crippen molar-refractivity contribution in [3.05, 3.63) is 30.1 Å². The number of nitrogens with two attached hydrogens (primary N) is 1. The molecule has 3 nitrogen and oxygen atoms in total. The van der Waals surface area contributed by atoms with E-state index in [1.54, 1.807) is 6.20 Å². The van der Waals surface area contributed by atoms with Crippen LogP contribution >= 0.6 is 0 Å². The van der Waals surface area contributed by atoms with Gasteiger partial charge in [-0.15, -0.1) is 0 Å². The molecule has 0 saturated carbocycles. The summed E-state index contributed by atoms with van der Waals surface area (Å²) >= 11 is 0. The van der Waals surface area contributed by atoms with Crippen molar-refractivity contribution in [2.45, 2.75) is 18.6 Å². The molecule has 1 aromatic heterocycles. The molecule has 0 aliphatic carbocycles. The quantitative estimate of drug-likeness (QED) is 0.670. The predicted octanol–water partition coefficient (Wildman–Crippen LogP) is 0.870. The summed E-state index contributed by atoms with van der Waals surface area (Å²) in [6.45, 7) is 0.765. The monoisotopic (exact) mass is 164 g/mol. The molecule has 3 heteroatoms. The van der Waals surface area contributed by atoms with Crippen LogP contribution in [0.15, 0.2) is 24.5 Å². The standard InChI is InChI=1S/C9H12N2O/c10-8-3-5-12-9(8)7-2-1-4-11-6-7/h1-2,4,6,8-9H,3,5,10H2/t8-,9+/m0/s1. The molecular formula is C9H12N2O. The first-order valence-corrected chi connectivity index (χ1v) is 4.15. The highest BCUT2D eigenvalue weighted by Crippen LogP contribution is 2.26. The molecule has 1 aliphatic rings. The molecule has 0 amide bonds. The third-order valence-electron chi connectivity index (χ3n) is 2.15. The second-order valence-electron chi connectivity index (χ2n) is 3.03. The van der Waals surface area contributed by atoms with Crippen molar-refractivity contribution < 1.29 is 4.74 Å². The lowest BCUT2D eigenvalue weighted by atomic mass is 10.1. The van der Waals surface area contributed by atoms with Gasteiger partial charge in [-0.05, 0) is 12.5 Å². The number of rotatable bonds is 1. The van der Waals surface area contributed by atoms with Gasteiger partial charge in [-0.25, -0.2) is 0 Å². The van der Waals surface area contributed by atoms with Crippen molar-refractivity contribution in [1.29, 1.82) is 0 Å². The van der Waals surface area contributed by atoms with Crippen molar-refractivity contribution in [3.63, 3.8) is 0 Å². The first-order chi connectivity index (χ1) is 5.88. The second-order valence-corrected chi connectivity index (χ2v) is 3.03. The predicted molar refractivity (Wildman–Crippen MR) is 45.5 cm³/mol. The van der Waals surface area contributed by atoms with E-state index in [9.17, 15) is 0 Å². The zero-order valence-corrected chi connectivity index (χ0v) is 6.81. The number of hydrogen-bond donors (Lipinski definition) is 1. The molecule has 1 aromatic rings. The van der Waals surface area contributed by atoms with Crippen LogP contribution in [0, 0.1) is 0 Å². The number of ether oxygens (including phenoxy) is 1. The number of aromatic nitrogens is 1. The van der Waals surface area contributed by atoms with E-state index in [1.807, 2.05) is 18.3 Å². The molecule has 2 atom stereocenters. The third kappa shape index (κ3) is 1.33. The van der Waals surface area contributed by atoms with Gasteiger partial charge >= 0.3 is 0 Å². The van der Waals surface area contributed by atoms with Gasteiger partial charge in [-0.2, -0.15) is 0 Å². The lowest BCUT2D eigenvalue weighted by Gasteiger charge is -2.13. The van der Waals surface area contributed by atoms with Crippen molar-refractivity contribution in [2.24, 2.45) is 5.73 Å². The zero-order chi connectivity index (χ0) is 8.39. The molecule has 2 rings (SSSR count). The summed E-state index contributed by atoms with van der Waals surface area (Å²) in [6, 6.07) is 4.04. The minimum atomic E-state index is 0.0544. The minimum absolute atomic E-state index is 0.0544. The van der Waals surface area contributed by atoms with Gasteiger partial charge in [-0.3, -0.25) is 4.98 Å². The summed E-state index contributed by atoms with van der Waals surface area (Å²) in [5, 5.41) is 0. The topological polar surface area (TPSA) is 48.1 Å². The molecule has 64 valence electrons. The first kappa shape index (κ1) is 7.71. The Bertz CT molecular complexity index is 250. The van der Waals surface area contributed by atoms with Gasteiger partial charge < -0.3 is 10.5 Å². The molecule has 0 unspecified atom stereocenters. The number of nitrogens with zero attached hydrogens (tertiary/aromatic N) is 1. The van der Waals surface area contributed by atoms with E-state index in [2.05, 4.69) is 4.98 Å². The lowest BCUT2D eigenvalue weighted by molar-refractivity contribution is 0.105. The van der Waals surface area contributed by atoms with Crippen molar-refractivity contribution in [3.8, 4) is 0 Å². The Labute approximate surface area is 71.6 Å². The Morgan fingerprint density at radius 3 is 3.08 bits per heavy atom. The van der Waals surface area contributed by atoms with Gasteiger partial charge in [0.15, 0.2) is 0 Å². The largest absolute Gasteiger partial charge is 0.372 e. The molecule has 0 spiro atoms. The highest BCUT2D eigenvalue weighted by molar-refractivity contribution is 5.15. The van der Waals surface area contributed by atoms with Crippen LogP contribution < -0.4 is 5.73 Å². The van der Waals surface area contributed by atoms with Gasteiger partial charge in [0, 0.05) is 30.6 Å². The van der Waals surface area contributed by atoms with Gasteiger partial charge in [0.1, 0.15) is 0 Å². The highest BCUT2D eigenvalue weighted by atomic mass is 16.5. The van der Waals surface area contributed by atoms with Crippen molar-refractivity contribution >= 4 is 0 Å². The molecular weight excluding hydrogens is 152 g/mol. The summed E-state index contributed by atoms with van der Waals surface area (Å²) in [5.74, 6) is 0. The van der Waals surface area contributed by atoms with E-state index in [4.69, 9.17) is 10.5 Å². The molecule has 2 N–H and O–H groups in total. The number of pyridine rings is 1. The average Bonchev–Trinajstić information content (AvgIpc) is 2.53. The SMILES string of the molecule is N[C@H]1CCO[C@@H]1c1cccnc1. The van der Waals surface area contributed by atoms with Crippen LogP contribution in [0.5, 0.6) is 0 Å². The van der Waals surface area contributed by atoms with Gasteiger partial charge in [0.25, 0.3) is 0 Å². The van der Waals surface area contributed by atoms with Crippen LogP contribution in [-0.2, 0) is 4.74 Å². The van der Waals surface area contributed by atoms with Crippen molar-refractivity contribution in [2.75, 3.05) is 6.61 Å². The fraction of sp³-hybridized carbons (Fsp3) is 0.444. The molecule has 2 heterocycles. The Hall–Kier alpha value is -0.930. The first-order valence-electron chi connectivity index (χ1n) is 4.15. The maximum Gasteiger partial charge on any atom is 0.0991 e. The molecule has 1 fully saturated rings. The van der Waals surface area contributed by atoms with E-state index in [0.717, 1.165) is 18.6 Å². The molecule has 1 saturated heterocycles. The third-order valence-corrected chi connectivity index (χ3v) is 2.15. The Kier molecular flexibility index (Phi) is 2.06. The Balaban J connectivity index is 2.19. The Morgan fingerprint density at radius 2 is 2.50 bits per heavy atom. The fourth-order valence-electron chi connectivity index (χ4n) is 1.49. The Morgan fingerprint density at radius 1 is 1.58 bits per heavy atom. The van der Waals surface area contributed by atoms with Gasteiger partial charge in [0.05, 0.1) is 6.10 Å². The van der Waals surface area contributed by atoms with E-state index in [0.29, 0.717) is 0 Å². The fourth-order valence-corrected chi connectivity index (χ4v) is 1.49. The lowest BCUT2D eigenvalue weighted by Crippen LogP contribution is -2.23. The molecule has 1 aliphatic heterocycles. The maximum absolute atomic E-state index is 5.86. The summed E-state index contributed by atoms with van der Waals surface area (Å²) in [6.07, 6.45) is 4.57. The molecule has 0 bridgehead atoms. The van der Waals surface area contributed by atoms with E-state index in [1.165, 1.54) is 0 Å². The summed E-state index contributed by atoms with van der Waals surface area (Å²) in [7, 11) is 0. The average molecular weight is 164 g/mol. The number of hydrogen-bond acceptors (Lipinski definition) is 3. The molecule has 0 radical (unpaired) electrons. The van der Waals surface area contributed by atoms with Gasteiger partial charge in [-0.1, -0.05) is 6.07 Å². The van der Waals surface area contributed by atoms with Crippen LogP contribution in [0.4, 0.5) is 0 Å². The van der Waals surface area contributed by atoms with Gasteiger partial charge in [0.2, 0.25) is 0 Å². The van der Waals surface area contributed by atoms with Crippen molar-refractivity contribution in [1.82, 2.24) is 4.98 Å². The van der Waals surface area contributed by atoms with Crippen LogP contribution in [0.1, 0.15) is 18.1 Å². The van der Waals surface area contributed by atoms with Crippen LogP contribution in [-0.4, -0.2) is 17.6 Å². The van der Waals surface area contributed by atoms with E-state index in [-0.39, 0.29) is 12.1 Å². The smallest absolute Gasteiger partial charge is 0.0991 e. The molecule has 0 aromatic carbocycles. The maximum atomic E-state index is 5.86. The summed E-state index contributed by atoms with van der Waals surface area (Å²) in [5.41, 5.74) is 6.94. The second kappa shape index (κ2) is 3.21. The molecule has 12 heavy (non-hydrogen) atoms. The summed E-state index contributed by atoms with van der Waals surface area (Å²) in [4.78, 5) is 4.03. The van der Waals surface area contributed by atoms with Crippen LogP contribution in [0.3, 0.4) is 0 Å². The highest BCUT2D eigenvalue weighted by Gasteiger charge is 2.26. The van der Waals surface area contributed by atoms with E-state index >= 15 is 0 Å². The minimum Gasteiger partial charge on any atom is -0.372 e. The normalized spacial score (nSPS) is 29.1. The van der Waals surface area contributed by atoms with Crippen LogP contribution in [0.2, 0.25) is 0 Å².